The molecule has 2 heterocycles. The van der Waals surface area contributed by atoms with E-state index in [2.05, 4.69) is 5.32 Å². The molecule has 2 atom stereocenters. The molecule has 18 heavy (non-hydrogen) atoms. The fraction of sp³-hybridized carbons (Fsp3) is 0.417. The van der Waals surface area contributed by atoms with Gasteiger partial charge in [0.1, 0.15) is 5.41 Å². The lowest BCUT2D eigenvalue weighted by atomic mass is 9.79. The maximum atomic E-state index is 12.4. The summed E-state index contributed by atoms with van der Waals surface area (Å²) in [6.45, 7) is 0.590. The molecule has 0 spiro atoms. The van der Waals surface area contributed by atoms with Crippen molar-refractivity contribution in [3.8, 4) is 0 Å². The van der Waals surface area contributed by atoms with Crippen LogP contribution in [0.3, 0.4) is 0 Å². The fourth-order valence-corrected chi connectivity index (χ4v) is 5.37. The number of fused-ring (bicyclic) bond motifs is 3. The third-order valence-corrected chi connectivity index (χ3v) is 6.17. The van der Waals surface area contributed by atoms with Gasteiger partial charge in [-0.15, -0.1) is 0 Å². The minimum absolute atomic E-state index is 0.266. The molecule has 0 unspecified atom stereocenters. The van der Waals surface area contributed by atoms with Crippen LogP contribution in [0.2, 0.25) is 0 Å². The van der Waals surface area contributed by atoms with Gasteiger partial charge in [0.15, 0.2) is 9.84 Å². The molecule has 0 radical (unpaired) electrons. The lowest BCUT2D eigenvalue weighted by Crippen LogP contribution is -2.45. The Kier molecular flexibility index (Phi) is 2.30. The summed E-state index contributed by atoms with van der Waals surface area (Å²) < 4.78 is 29.7. The number of hydrogen-bond donors (Lipinski definition) is 1. The first-order valence-corrected chi connectivity index (χ1v) is 7.22. The minimum atomic E-state index is -3.46. The Hall–Kier alpha value is -1.40. The molecule has 1 aromatic rings. The molecule has 1 saturated heterocycles. The summed E-state index contributed by atoms with van der Waals surface area (Å²) >= 11 is 0. The van der Waals surface area contributed by atoms with Crippen molar-refractivity contribution in [1.29, 1.82) is 0 Å². The second-order valence-corrected chi connectivity index (χ2v) is 6.72. The van der Waals surface area contributed by atoms with E-state index in [1.807, 2.05) is 0 Å². The number of esters is 1. The van der Waals surface area contributed by atoms with Crippen molar-refractivity contribution in [2.45, 2.75) is 15.6 Å². The summed E-state index contributed by atoms with van der Waals surface area (Å²) in [5, 5.41) is 2.24. The number of sulfone groups is 1. The van der Waals surface area contributed by atoms with Crippen LogP contribution in [0.15, 0.2) is 29.2 Å². The van der Waals surface area contributed by atoms with Crippen LogP contribution < -0.4 is 5.32 Å². The molecule has 0 aliphatic carbocycles. The Labute approximate surface area is 105 Å². The fourth-order valence-electron chi connectivity index (χ4n) is 3.06. The predicted molar refractivity (Wildman–Crippen MR) is 64.0 cm³/mol. The summed E-state index contributed by atoms with van der Waals surface area (Å²) in [6, 6.07) is 6.69. The summed E-state index contributed by atoms with van der Waals surface area (Å²) in [4.78, 5) is 12.4. The normalized spacial score (nSPS) is 31.7. The molecule has 5 nitrogen and oxygen atoms in total. The van der Waals surface area contributed by atoms with Crippen molar-refractivity contribution < 1.29 is 17.9 Å². The summed E-state index contributed by atoms with van der Waals surface area (Å²) in [5.41, 5.74) is -0.517. The van der Waals surface area contributed by atoms with E-state index in [-0.39, 0.29) is 11.4 Å². The van der Waals surface area contributed by atoms with Crippen LogP contribution in [0.4, 0.5) is 0 Å². The largest absolute Gasteiger partial charge is 0.468 e. The number of nitrogens with one attached hydrogen (secondary N) is 1. The van der Waals surface area contributed by atoms with Crippen molar-refractivity contribution >= 4 is 15.8 Å². The molecule has 3 rings (SSSR count). The first-order chi connectivity index (χ1) is 8.55. The van der Waals surface area contributed by atoms with Crippen LogP contribution >= 0.6 is 0 Å². The average Bonchev–Trinajstić information content (AvgIpc) is 2.90. The van der Waals surface area contributed by atoms with Gasteiger partial charge in [0.05, 0.1) is 17.3 Å². The van der Waals surface area contributed by atoms with E-state index in [1.165, 1.54) is 7.11 Å². The second-order valence-electron chi connectivity index (χ2n) is 4.62. The maximum absolute atomic E-state index is 12.4. The first kappa shape index (κ1) is 11.7. The number of hydrogen-bond acceptors (Lipinski definition) is 5. The highest BCUT2D eigenvalue weighted by Crippen LogP contribution is 2.47. The van der Waals surface area contributed by atoms with Crippen LogP contribution in [0.5, 0.6) is 0 Å². The maximum Gasteiger partial charge on any atom is 0.319 e. The van der Waals surface area contributed by atoms with Crippen molar-refractivity contribution in [3.05, 3.63) is 29.8 Å². The number of carbonyl (C=O) groups is 1. The van der Waals surface area contributed by atoms with Gasteiger partial charge < -0.3 is 10.1 Å². The van der Waals surface area contributed by atoms with Crippen molar-refractivity contribution in [1.82, 2.24) is 5.32 Å². The predicted octanol–water partition coefficient (Wildman–Crippen LogP) is -0.143. The number of benzene rings is 1. The molecule has 2 aliphatic heterocycles. The van der Waals surface area contributed by atoms with Gasteiger partial charge in [-0.3, -0.25) is 4.79 Å². The molecule has 1 fully saturated rings. The Balaban J connectivity index is 2.34. The van der Waals surface area contributed by atoms with E-state index in [0.29, 0.717) is 12.1 Å². The summed E-state index contributed by atoms with van der Waals surface area (Å²) in [7, 11) is -2.17. The quantitative estimate of drug-likeness (QED) is 0.717. The highest BCUT2D eigenvalue weighted by molar-refractivity contribution is 7.92. The molecule has 1 N–H and O–H groups in total. The van der Waals surface area contributed by atoms with E-state index in [9.17, 15) is 13.2 Å². The second kappa shape index (κ2) is 3.55. The lowest BCUT2D eigenvalue weighted by molar-refractivity contribution is -0.146. The summed E-state index contributed by atoms with van der Waals surface area (Å²) in [5.74, 6) is -0.481. The van der Waals surface area contributed by atoms with Gasteiger partial charge in [-0.25, -0.2) is 8.42 Å². The van der Waals surface area contributed by atoms with E-state index < -0.39 is 26.5 Å². The van der Waals surface area contributed by atoms with Gasteiger partial charge in [0, 0.05) is 13.1 Å². The number of carbonyl (C=O) groups excluding carboxylic acids is 1. The third kappa shape index (κ3) is 1.14. The SMILES string of the molecule is COC(=O)[C@]12CNC[C@H]1S(=O)(=O)c1ccccc12. The van der Waals surface area contributed by atoms with E-state index in [4.69, 9.17) is 4.74 Å². The van der Waals surface area contributed by atoms with Crippen molar-refractivity contribution in [2.75, 3.05) is 20.2 Å². The van der Waals surface area contributed by atoms with Crippen LogP contribution in [-0.4, -0.2) is 39.8 Å². The topological polar surface area (TPSA) is 72.5 Å². The standard InChI is InChI=1S/C12H13NO4S/c1-17-11(14)12-7-13-6-10(12)18(15,16)9-5-3-2-4-8(9)12/h2-5,10,13H,6-7H2,1H3/t10-,12+/m1/s1. The average molecular weight is 267 g/mol. The lowest BCUT2D eigenvalue weighted by Gasteiger charge is -2.24. The first-order valence-electron chi connectivity index (χ1n) is 5.67. The Morgan fingerprint density at radius 2 is 2.17 bits per heavy atom. The zero-order valence-electron chi connectivity index (χ0n) is 9.84. The van der Waals surface area contributed by atoms with Gasteiger partial charge in [-0.2, -0.15) is 0 Å². The molecule has 1 aromatic carbocycles. The van der Waals surface area contributed by atoms with Crippen LogP contribution in [-0.2, 0) is 24.8 Å². The van der Waals surface area contributed by atoms with E-state index >= 15 is 0 Å². The van der Waals surface area contributed by atoms with Crippen LogP contribution in [0.1, 0.15) is 5.56 Å². The number of rotatable bonds is 1. The Morgan fingerprint density at radius 1 is 1.44 bits per heavy atom. The Bertz CT molecular complexity index is 625. The molecule has 0 amide bonds. The third-order valence-electron chi connectivity index (χ3n) is 3.88. The van der Waals surface area contributed by atoms with Crippen molar-refractivity contribution in [2.24, 2.45) is 0 Å². The van der Waals surface area contributed by atoms with Gasteiger partial charge in [0.25, 0.3) is 0 Å². The zero-order valence-corrected chi connectivity index (χ0v) is 10.7. The highest BCUT2D eigenvalue weighted by atomic mass is 32.2. The number of methoxy groups -OCH3 is 1. The van der Waals surface area contributed by atoms with Gasteiger partial charge >= 0.3 is 5.97 Å². The monoisotopic (exact) mass is 267 g/mol. The molecule has 96 valence electrons. The molecule has 0 saturated carbocycles. The number of ether oxygens (including phenoxy) is 1. The molecular weight excluding hydrogens is 254 g/mol. The van der Waals surface area contributed by atoms with Gasteiger partial charge in [-0.05, 0) is 11.6 Å². The van der Waals surface area contributed by atoms with Gasteiger partial charge in [-0.1, -0.05) is 18.2 Å². The molecule has 6 heteroatoms. The molecule has 0 aromatic heterocycles. The van der Waals surface area contributed by atoms with E-state index in [0.717, 1.165) is 0 Å². The van der Waals surface area contributed by atoms with E-state index in [1.54, 1.807) is 24.3 Å². The summed E-state index contributed by atoms with van der Waals surface area (Å²) in [6.07, 6.45) is 0. The molecular formula is C12H13NO4S. The smallest absolute Gasteiger partial charge is 0.319 e. The zero-order chi connectivity index (χ0) is 13.0. The van der Waals surface area contributed by atoms with Crippen molar-refractivity contribution in [3.63, 3.8) is 0 Å². The minimum Gasteiger partial charge on any atom is -0.468 e. The molecule has 0 bridgehead atoms. The van der Waals surface area contributed by atoms with Gasteiger partial charge in [0.2, 0.25) is 0 Å². The molecule has 2 aliphatic rings. The Morgan fingerprint density at radius 3 is 2.89 bits per heavy atom. The van der Waals surface area contributed by atoms with Crippen LogP contribution in [0.25, 0.3) is 0 Å². The van der Waals surface area contributed by atoms with Crippen LogP contribution in [0, 0.1) is 0 Å². The highest BCUT2D eigenvalue weighted by Gasteiger charge is 2.63.